The van der Waals surface area contributed by atoms with Crippen LogP contribution in [0, 0.1) is 5.92 Å². The number of rotatable bonds is 20. The fourth-order valence-corrected chi connectivity index (χ4v) is 10.0. The van der Waals surface area contributed by atoms with E-state index in [9.17, 15) is 63.3 Å². The van der Waals surface area contributed by atoms with Gasteiger partial charge in [0.2, 0.25) is 47.3 Å². The van der Waals surface area contributed by atoms with Crippen LogP contribution in [0.5, 0.6) is 0 Å². The van der Waals surface area contributed by atoms with Crippen LogP contribution in [0.1, 0.15) is 94.6 Å². The van der Waals surface area contributed by atoms with Gasteiger partial charge >= 0.3 is 11.9 Å². The van der Waals surface area contributed by atoms with Crippen molar-refractivity contribution in [2.45, 2.75) is 145 Å². The maximum Gasteiger partial charge on any atom is 0.342 e. The summed E-state index contributed by atoms with van der Waals surface area (Å²) in [7, 11) is 1.30. The zero-order chi connectivity index (χ0) is 61.9. The van der Waals surface area contributed by atoms with Gasteiger partial charge in [-0.3, -0.25) is 52.9 Å². The van der Waals surface area contributed by atoms with Gasteiger partial charge in [0.05, 0.1) is 25.6 Å². The summed E-state index contributed by atoms with van der Waals surface area (Å²) < 4.78 is -1.46. The van der Waals surface area contributed by atoms with Crippen molar-refractivity contribution in [3.63, 3.8) is 0 Å². The molecule has 9 atom stereocenters. The molecule has 1 aliphatic heterocycles. The summed E-state index contributed by atoms with van der Waals surface area (Å²) in [5.74, 6) is -12.9. The van der Waals surface area contributed by atoms with Gasteiger partial charge in [-0.2, -0.15) is 5.26 Å². The Morgan fingerprint density at radius 3 is 2.08 bits per heavy atom. The van der Waals surface area contributed by atoms with Crippen LogP contribution < -0.4 is 54.4 Å². The van der Waals surface area contributed by atoms with E-state index in [1.54, 1.807) is 76.4 Å². The molecule has 0 spiro atoms. The molecule has 1 aromatic heterocycles. The minimum absolute atomic E-state index is 0.00686. The van der Waals surface area contributed by atoms with E-state index < -0.39 is 150 Å². The van der Waals surface area contributed by atoms with Gasteiger partial charge in [0, 0.05) is 53.2 Å². The molecule has 0 saturated heterocycles. The predicted molar refractivity (Wildman–Crippen MR) is 301 cm³/mol. The highest BCUT2D eigenvalue weighted by Crippen LogP contribution is 2.34. The van der Waals surface area contributed by atoms with Crippen molar-refractivity contribution in [3.05, 3.63) is 71.4 Å². The van der Waals surface area contributed by atoms with Gasteiger partial charge in [-0.05, 0) is 75.6 Å². The lowest BCUT2D eigenvalue weighted by Gasteiger charge is -2.36. The third kappa shape index (κ3) is 19.7. The van der Waals surface area contributed by atoms with E-state index in [1.807, 2.05) is 0 Å². The molecule has 29 nitrogen and oxygen atoms in total. The third-order valence-electron chi connectivity index (χ3n) is 13.5. The highest BCUT2D eigenvalue weighted by Gasteiger charge is 2.42. The molecular formula is C53H75N13O16S. The van der Waals surface area contributed by atoms with Crippen LogP contribution >= 0.6 is 11.8 Å². The molecule has 454 valence electrons. The number of nitrogens with zero attached hydrogens (tertiary/aromatic N) is 2. The number of guanidine groups is 1. The first-order valence-corrected chi connectivity index (χ1v) is 27.4. The van der Waals surface area contributed by atoms with E-state index in [0.29, 0.717) is 22.0 Å². The fraction of sp³-hybridized carbons (Fsp3) is 0.509. The van der Waals surface area contributed by atoms with Gasteiger partial charge in [-0.15, -0.1) is 11.8 Å². The third-order valence-corrected chi connectivity index (χ3v) is 14.9. The second-order valence-electron chi connectivity index (χ2n) is 20.8. The number of benzene rings is 2. The molecule has 0 aliphatic carbocycles. The second-order valence-corrected chi connectivity index (χ2v) is 22.4. The van der Waals surface area contributed by atoms with Crippen molar-refractivity contribution in [3.8, 4) is 0 Å². The van der Waals surface area contributed by atoms with E-state index >= 15 is 4.79 Å². The Morgan fingerprint density at radius 2 is 1.46 bits per heavy atom. The Hall–Kier alpha value is -8.35. The molecule has 1 aliphatic rings. The lowest BCUT2D eigenvalue weighted by Crippen LogP contribution is -2.64. The van der Waals surface area contributed by atoms with Crippen LogP contribution in [0.2, 0.25) is 0 Å². The number of thioether (sulfide) groups is 1. The Kier molecular flexibility index (Phi) is 25.2. The Bertz CT molecular complexity index is 2880. The van der Waals surface area contributed by atoms with Crippen molar-refractivity contribution < 1.29 is 78.2 Å². The highest BCUT2D eigenvalue weighted by molar-refractivity contribution is 7.99. The van der Waals surface area contributed by atoms with Crippen LogP contribution in [-0.2, 0) is 65.0 Å². The zero-order valence-corrected chi connectivity index (χ0v) is 47.6. The summed E-state index contributed by atoms with van der Waals surface area (Å²) in [5.41, 5.74) is 18.2. The quantitative estimate of drug-likeness (QED) is 0.0183. The summed E-state index contributed by atoms with van der Waals surface area (Å²) in [4.78, 5) is 164. The standard InChI is InChI=1S/C53H75N13O16S/c1-26(2)20-34-46(75)65-42(50(79)62-35(21-29-23-58-32-15-10-9-13-30(29)32)44(73)59-33(43(54)72)17-18-40(71)82-81)53(4,5)83-25-28-12-7-8-14-31(28)51(80)66(6)38(16-11-19-57-52(55)56)48(77)63-37(24-67)47(76)60-36(22-39(69)70)45(74)64-41(27(3)68)49(78)61-34/h7-10,12-15,23,26-27,33-38,41-42,58,67-68,81H,11,16-22,24-25H2,1-6H3,(H2,54,72)(H,59,73)(H,60,76)(H,61,78)(H,62,79)(H,63,77)(H,64,74)(H,65,75)(H,69,70)(H4,55,56,57)/t27-,33-,34+,35+,36+,37+,38+,41+,42?/m1/s1. The van der Waals surface area contributed by atoms with Crippen LogP contribution in [0.25, 0.3) is 10.9 Å². The monoisotopic (exact) mass is 1180 g/mol. The topological polar surface area (TPSA) is 472 Å². The number of nitrogens with two attached hydrogens (primary N) is 3. The summed E-state index contributed by atoms with van der Waals surface area (Å²) in [5, 5.41) is 57.8. The molecule has 30 heteroatoms. The molecule has 0 saturated carbocycles. The van der Waals surface area contributed by atoms with E-state index in [1.165, 1.54) is 13.1 Å². The zero-order valence-electron chi connectivity index (χ0n) is 46.8. The number of likely N-dealkylation sites (N-methyl/N-ethyl adjacent to an activating group) is 1. The molecule has 2 aromatic carbocycles. The maximum atomic E-state index is 15.2. The fourth-order valence-electron chi connectivity index (χ4n) is 8.92. The number of aromatic nitrogens is 1. The number of carboxylic acids is 1. The number of nitrogens with one attached hydrogen (secondary N) is 8. The molecule has 2 heterocycles. The Balaban J connectivity index is 1.92. The first kappa shape index (κ1) is 67.2. The molecule has 3 aromatic rings. The van der Waals surface area contributed by atoms with Crippen LogP contribution in [0.4, 0.5) is 0 Å². The first-order chi connectivity index (χ1) is 39.1. The van der Waals surface area contributed by atoms with Gasteiger partial charge in [0.15, 0.2) is 5.96 Å². The van der Waals surface area contributed by atoms with Crippen LogP contribution in [0.15, 0.2) is 59.7 Å². The number of hydrogen-bond donors (Lipinski definition) is 15. The number of amides is 9. The van der Waals surface area contributed by atoms with Crippen molar-refractivity contribution >= 4 is 93.7 Å². The Labute approximate surface area is 481 Å². The molecule has 4 rings (SSSR count). The number of aliphatic carboxylic acids is 1. The van der Waals surface area contributed by atoms with Crippen molar-refractivity contribution in [2.24, 2.45) is 28.1 Å². The van der Waals surface area contributed by atoms with Gasteiger partial charge < -0.3 is 84.5 Å². The summed E-state index contributed by atoms with van der Waals surface area (Å²) in [6.07, 6.45) is -2.65. The van der Waals surface area contributed by atoms with Crippen molar-refractivity contribution in [1.82, 2.24) is 47.1 Å². The normalized spacial score (nSPS) is 21.5. The van der Waals surface area contributed by atoms with Crippen LogP contribution in [0.3, 0.4) is 0 Å². The molecule has 0 radical (unpaired) electrons. The number of aliphatic imine (C=N–C) groups is 1. The molecule has 83 heavy (non-hydrogen) atoms. The average molecular weight is 1180 g/mol. The van der Waals surface area contributed by atoms with Gasteiger partial charge in [0.25, 0.3) is 5.91 Å². The SMILES string of the molecule is CC(C)C[C@@H]1NC(=O)[C@H]([C@@H](C)O)NC(=O)[C@H](CC(=O)O)NC(=O)[C@H](CO)NC(=O)[C@H](CCCN=C(N)N)N(C)C(=O)c2ccccc2CSC(C)(C)C(C(=O)N[C@@H](Cc2c[nH]c3ccccc23)C(=O)N[C@H](CCC(=O)OO)C(N)=O)NC1=O. The van der Waals surface area contributed by atoms with Gasteiger partial charge in [-0.1, -0.05) is 50.2 Å². The van der Waals surface area contributed by atoms with E-state index in [0.717, 1.165) is 23.6 Å². The van der Waals surface area contributed by atoms with Crippen LogP contribution in [-0.4, -0.2) is 181 Å². The number of aromatic amines is 1. The average Bonchev–Trinajstić information content (AvgIpc) is 3.86. The van der Waals surface area contributed by atoms with E-state index in [2.05, 4.69) is 52.1 Å². The number of H-pyrrole nitrogens is 1. The maximum absolute atomic E-state index is 15.2. The molecule has 0 bridgehead atoms. The lowest BCUT2D eigenvalue weighted by atomic mass is 9.97. The predicted octanol–water partition coefficient (Wildman–Crippen LogP) is -2.50. The van der Waals surface area contributed by atoms with Gasteiger partial charge in [-0.25, -0.2) is 4.79 Å². The van der Waals surface area contributed by atoms with Crippen molar-refractivity contribution in [2.75, 3.05) is 20.2 Å². The molecular weight excluding hydrogens is 1110 g/mol. The number of aliphatic hydroxyl groups is 2. The number of carbonyl (C=O) groups excluding carboxylic acids is 10. The number of aliphatic hydroxyl groups excluding tert-OH is 2. The molecule has 9 amide bonds. The highest BCUT2D eigenvalue weighted by atomic mass is 32.2. The summed E-state index contributed by atoms with van der Waals surface area (Å²) in [6, 6.07) is -0.239. The largest absolute Gasteiger partial charge is 0.481 e. The molecule has 18 N–H and O–H groups in total. The molecule has 0 fully saturated rings. The minimum Gasteiger partial charge on any atom is -0.481 e. The number of carboxylic acid groups (broad SMARTS) is 1. The van der Waals surface area contributed by atoms with E-state index in [-0.39, 0.29) is 55.4 Å². The number of carbonyl (C=O) groups is 11. The summed E-state index contributed by atoms with van der Waals surface area (Å²) in [6.45, 7) is 6.55. The minimum atomic E-state index is -2.01. The number of hydrogen-bond acceptors (Lipinski definition) is 17. The first-order valence-electron chi connectivity index (χ1n) is 26.4. The van der Waals surface area contributed by atoms with Gasteiger partial charge in [0.1, 0.15) is 48.3 Å². The van der Waals surface area contributed by atoms with E-state index in [4.69, 9.17) is 22.5 Å². The number of primary amides is 1. The second kappa shape index (κ2) is 31.2. The lowest BCUT2D eigenvalue weighted by molar-refractivity contribution is -0.234. The van der Waals surface area contributed by atoms with Crippen molar-refractivity contribution in [1.29, 1.82) is 0 Å². The number of para-hydroxylation sites is 1. The molecule has 1 unspecified atom stereocenters. The smallest absolute Gasteiger partial charge is 0.342 e. The Morgan fingerprint density at radius 1 is 0.831 bits per heavy atom. The summed E-state index contributed by atoms with van der Waals surface area (Å²) >= 11 is 1.06. The number of fused-ring (bicyclic) bond motifs is 2.